The molecule has 3 fully saturated rings. The third-order valence-corrected chi connectivity index (χ3v) is 8.92. The molecule has 2 bridgehead atoms. The molecule has 0 aliphatic carbocycles. The van der Waals surface area contributed by atoms with E-state index in [9.17, 15) is 24.6 Å². The highest BCUT2D eigenvalue weighted by Gasteiger charge is 2.49. The quantitative estimate of drug-likeness (QED) is 0.164. The Hall–Kier alpha value is -2.16. The molecule has 1 aromatic carbocycles. The number of nitrogens with zero attached hydrogens (tertiary/aromatic N) is 1. The highest BCUT2D eigenvalue weighted by Crippen LogP contribution is 2.46. The second-order valence-electron chi connectivity index (χ2n) is 11.4. The number of hydrogen-bond acceptors (Lipinski definition) is 4. The van der Waals surface area contributed by atoms with Crippen LogP contribution in [0.1, 0.15) is 69.8 Å². The number of piperidine rings is 3. The number of amides is 1. The zero-order valence-electron chi connectivity index (χ0n) is 22.6. The number of aliphatic carboxylic acids is 2. The number of halogens is 1. The van der Waals surface area contributed by atoms with E-state index in [0.717, 1.165) is 56.9 Å². The third kappa shape index (κ3) is 9.24. The molecule has 2 atom stereocenters. The Morgan fingerprint density at radius 3 is 2.05 bits per heavy atom. The maximum Gasteiger partial charge on any atom is 0.307 e. The van der Waals surface area contributed by atoms with E-state index in [0.29, 0.717) is 25.9 Å². The number of fused-ring (bicyclic) bond motifs is 3. The van der Waals surface area contributed by atoms with Crippen molar-refractivity contribution in [2.45, 2.75) is 70.6 Å². The van der Waals surface area contributed by atoms with E-state index in [-0.39, 0.29) is 30.2 Å². The van der Waals surface area contributed by atoms with Gasteiger partial charge < -0.3 is 38.2 Å². The summed E-state index contributed by atoms with van der Waals surface area (Å²) in [5, 5.41) is 22.4. The molecule has 9 heteroatoms. The van der Waals surface area contributed by atoms with Gasteiger partial charge in [0.1, 0.15) is 0 Å². The van der Waals surface area contributed by atoms with Gasteiger partial charge in [-0.2, -0.15) is 0 Å². The smallest absolute Gasteiger partial charge is 0.307 e. The van der Waals surface area contributed by atoms with Gasteiger partial charge in [-0.1, -0.05) is 49.6 Å². The van der Waals surface area contributed by atoms with E-state index >= 15 is 0 Å². The second-order valence-corrected chi connectivity index (χ2v) is 11.4. The molecule has 0 saturated carbocycles. The van der Waals surface area contributed by atoms with Crippen LogP contribution in [0.25, 0.3) is 0 Å². The fraction of sp³-hybridized carbons (Fsp3) is 0.690. The van der Waals surface area contributed by atoms with Crippen molar-refractivity contribution in [1.29, 1.82) is 0 Å². The lowest BCUT2D eigenvalue weighted by molar-refractivity contribution is -0.945. The molecule has 0 spiro atoms. The topological polar surface area (TPSA) is 130 Å². The normalized spacial score (nSPS) is 23.7. The van der Waals surface area contributed by atoms with Crippen molar-refractivity contribution in [1.82, 2.24) is 5.32 Å². The Labute approximate surface area is 233 Å². The van der Waals surface area contributed by atoms with Crippen molar-refractivity contribution >= 4 is 17.8 Å². The van der Waals surface area contributed by atoms with Crippen molar-refractivity contribution in [2.24, 2.45) is 23.0 Å². The summed E-state index contributed by atoms with van der Waals surface area (Å²) >= 11 is 0. The SMILES string of the molecule is NCCNC(=O)CC12CC[N+](CCCCCCC[C@@H](C(=O)O)[C@H](Cc3ccccc3)C(=O)O)(CC1)CC2.[Cl-]. The summed E-state index contributed by atoms with van der Waals surface area (Å²) in [6, 6.07) is 9.27. The number of nitrogens with two attached hydrogens (primary N) is 1. The number of quaternary nitrogens is 1. The Morgan fingerprint density at radius 2 is 1.47 bits per heavy atom. The molecule has 4 rings (SSSR count). The number of carboxylic acid groups (broad SMARTS) is 2. The van der Waals surface area contributed by atoms with Crippen LogP contribution in [0.2, 0.25) is 0 Å². The Morgan fingerprint density at radius 1 is 0.895 bits per heavy atom. The fourth-order valence-corrected chi connectivity index (χ4v) is 6.46. The van der Waals surface area contributed by atoms with Crippen molar-refractivity contribution in [3.63, 3.8) is 0 Å². The zero-order chi connectivity index (χ0) is 26.7. The first kappa shape index (κ1) is 32.1. The number of unbranched alkanes of at least 4 members (excludes halogenated alkanes) is 4. The first-order valence-corrected chi connectivity index (χ1v) is 14.1. The minimum absolute atomic E-state index is 0. The number of carbonyl (C=O) groups is 3. The summed E-state index contributed by atoms with van der Waals surface area (Å²) in [5.74, 6) is -3.67. The van der Waals surface area contributed by atoms with Gasteiger partial charge in [0.05, 0.1) is 38.0 Å². The van der Waals surface area contributed by atoms with E-state index in [2.05, 4.69) is 5.32 Å². The van der Waals surface area contributed by atoms with Crippen LogP contribution < -0.4 is 23.5 Å². The molecule has 0 radical (unpaired) electrons. The standard InChI is InChI=1S/C29H45N3O5.ClH/c30-15-16-31-26(33)22-29-12-18-32(19-13-29,20-14-29)17-8-3-1-2-7-11-24(27(34)35)25(28(36)37)21-23-9-5-4-6-10-23;/h4-6,9-10,24-25H,1-3,7-8,11-22,30H2,(H2-,31,33,34,35,36,37);1H/t24-,25+,29?,32?;/m1./s1. The van der Waals surface area contributed by atoms with Crippen LogP contribution in [0.3, 0.4) is 0 Å². The molecule has 3 saturated heterocycles. The number of rotatable bonds is 17. The number of carboxylic acids is 2. The monoisotopic (exact) mass is 551 g/mol. The van der Waals surface area contributed by atoms with E-state index in [1.54, 1.807) is 0 Å². The predicted molar refractivity (Wildman–Crippen MR) is 143 cm³/mol. The molecule has 5 N–H and O–H groups in total. The van der Waals surface area contributed by atoms with Crippen LogP contribution in [-0.2, 0) is 20.8 Å². The maximum atomic E-state index is 12.2. The lowest BCUT2D eigenvalue weighted by Crippen LogP contribution is -3.00. The van der Waals surface area contributed by atoms with Gasteiger partial charge in [0, 0.05) is 38.8 Å². The molecular weight excluding hydrogens is 506 g/mol. The van der Waals surface area contributed by atoms with Gasteiger partial charge >= 0.3 is 11.9 Å². The first-order chi connectivity index (χ1) is 17.8. The lowest BCUT2D eigenvalue weighted by Gasteiger charge is -2.54. The van der Waals surface area contributed by atoms with Crippen molar-refractivity contribution in [2.75, 3.05) is 39.3 Å². The van der Waals surface area contributed by atoms with E-state index in [1.165, 1.54) is 30.7 Å². The van der Waals surface area contributed by atoms with Crippen LogP contribution >= 0.6 is 0 Å². The van der Waals surface area contributed by atoms with E-state index in [4.69, 9.17) is 5.73 Å². The first-order valence-electron chi connectivity index (χ1n) is 14.1. The van der Waals surface area contributed by atoms with Crippen LogP contribution in [0.4, 0.5) is 0 Å². The number of nitrogens with one attached hydrogen (secondary N) is 1. The fourth-order valence-electron chi connectivity index (χ4n) is 6.46. The molecule has 214 valence electrons. The Kier molecular flexibility index (Phi) is 13.0. The second kappa shape index (κ2) is 15.4. The Balaban J connectivity index is 0.00000507. The number of benzene rings is 1. The number of carbonyl (C=O) groups excluding carboxylic acids is 1. The molecule has 3 aliphatic rings. The summed E-state index contributed by atoms with van der Waals surface area (Å²) in [7, 11) is 0. The van der Waals surface area contributed by atoms with Gasteiger partial charge in [-0.25, -0.2) is 0 Å². The minimum atomic E-state index is -1.03. The average molecular weight is 552 g/mol. The summed E-state index contributed by atoms with van der Waals surface area (Å²) in [5.41, 5.74) is 6.54. The maximum absolute atomic E-state index is 12.2. The van der Waals surface area contributed by atoms with Gasteiger partial charge in [-0.15, -0.1) is 0 Å². The van der Waals surface area contributed by atoms with Crippen LogP contribution in [0, 0.1) is 17.3 Å². The molecule has 3 heterocycles. The van der Waals surface area contributed by atoms with Gasteiger partial charge in [0.15, 0.2) is 0 Å². The summed E-state index contributed by atoms with van der Waals surface area (Å²) < 4.78 is 1.19. The molecule has 0 unspecified atom stereocenters. The highest BCUT2D eigenvalue weighted by molar-refractivity contribution is 5.80. The molecule has 0 aromatic heterocycles. The number of hydrogen-bond donors (Lipinski definition) is 4. The molecule has 38 heavy (non-hydrogen) atoms. The largest absolute Gasteiger partial charge is 1.00 e. The van der Waals surface area contributed by atoms with Gasteiger partial charge in [-0.05, 0) is 36.7 Å². The van der Waals surface area contributed by atoms with E-state index in [1.807, 2.05) is 30.3 Å². The van der Waals surface area contributed by atoms with Crippen LogP contribution in [0.15, 0.2) is 30.3 Å². The molecular formula is C29H46ClN3O5. The molecule has 1 aromatic rings. The summed E-state index contributed by atoms with van der Waals surface area (Å²) in [4.78, 5) is 36.0. The predicted octanol–water partition coefficient (Wildman–Crippen LogP) is 0.441. The lowest BCUT2D eigenvalue weighted by atomic mass is 9.68. The van der Waals surface area contributed by atoms with Gasteiger partial charge in [0.25, 0.3) is 0 Å². The third-order valence-electron chi connectivity index (χ3n) is 8.92. The summed E-state index contributed by atoms with van der Waals surface area (Å²) in [6.45, 7) is 5.73. The van der Waals surface area contributed by atoms with Gasteiger partial charge in [-0.3, -0.25) is 14.4 Å². The van der Waals surface area contributed by atoms with Crippen molar-refractivity contribution < 1.29 is 41.5 Å². The van der Waals surface area contributed by atoms with E-state index < -0.39 is 23.8 Å². The Bertz CT molecular complexity index is 873. The zero-order valence-corrected chi connectivity index (χ0v) is 23.3. The van der Waals surface area contributed by atoms with Crippen molar-refractivity contribution in [3.05, 3.63) is 35.9 Å². The highest BCUT2D eigenvalue weighted by atomic mass is 35.5. The average Bonchev–Trinajstić information content (AvgIpc) is 2.89. The summed E-state index contributed by atoms with van der Waals surface area (Å²) in [6.07, 6.45) is 9.69. The van der Waals surface area contributed by atoms with Crippen LogP contribution in [-0.4, -0.2) is 71.8 Å². The van der Waals surface area contributed by atoms with Gasteiger partial charge in [0.2, 0.25) is 5.91 Å². The molecule has 1 amide bonds. The van der Waals surface area contributed by atoms with Crippen molar-refractivity contribution in [3.8, 4) is 0 Å². The van der Waals surface area contributed by atoms with Crippen LogP contribution in [0.5, 0.6) is 0 Å². The molecule has 3 aliphatic heterocycles. The minimum Gasteiger partial charge on any atom is -1.00 e. The molecule has 8 nitrogen and oxygen atoms in total.